The third kappa shape index (κ3) is 4.24. The highest BCUT2D eigenvalue weighted by atomic mass is 32.2. The lowest BCUT2D eigenvalue weighted by Crippen LogP contribution is -2.15. The Hall–Kier alpha value is -3.13. The van der Waals surface area contributed by atoms with Gasteiger partial charge in [-0.2, -0.15) is 5.10 Å². The number of para-hydroxylation sites is 3. The molecule has 0 aliphatic rings. The Bertz CT molecular complexity index is 997. The molecule has 0 saturated carbocycles. The first kappa shape index (κ1) is 16.7. The van der Waals surface area contributed by atoms with Gasteiger partial charge in [-0.3, -0.25) is 9.52 Å². The summed E-state index contributed by atoms with van der Waals surface area (Å²) in [6.07, 6.45) is 4.11. The van der Waals surface area contributed by atoms with Crippen molar-refractivity contribution >= 4 is 27.3 Å². The molecule has 2 aromatic carbocycles. The molecule has 8 heteroatoms. The van der Waals surface area contributed by atoms with Crippen molar-refractivity contribution in [1.29, 1.82) is 0 Å². The Labute approximate surface area is 145 Å². The zero-order valence-corrected chi connectivity index (χ0v) is 14.2. The van der Waals surface area contributed by atoms with Crippen LogP contribution in [0, 0.1) is 0 Å². The van der Waals surface area contributed by atoms with Crippen molar-refractivity contribution in [1.82, 2.24) is 9.78 Å². The maximum atomic E-state index is 12.4. The minimum Gasteiger partial charge on any atom is -0.320 e. The predicted octanol–water partition coefficient (Wildman–Crippen LogP) is 2.50. The Morgan fingerprint density at radius 2 is 1.64 bits per heavy atom. The van der Waals surface area contributed by atoms with Gasteiger partial charge in [0.25, 0.3) is 5.91 Å². The fourth-order valence-electron chi connectivity index (χ4n) is 2.24. The van der Waals surface area contributed by atoms with Gasteiger partial charge in [0.2, 0.25) is 10.0 Å². The Morgan fingerprint density at radius 3 is 2.32 bits per heavy atom. The zero-order valence-electron chi connectivity index (χ0n) is 13.4. The van der Waals surface area contributed by atoms with Crippen LogP contribution in [0.2, 0.25) is 0 Å². The molecule has 128 valence electrons. The Balaban J connectivity index is 1.81. The standard InChI is InChI=1S/C17H16N4O3S/c1-25(23,24)20-16-10-6-5-9-15(16)19-17(22)13-11-18-21(12-13)14-7-3-2-4-8-14/h2-12,20H,1H3,(H,19,22). The minimum atomic E-state index is -3.45. The number of nitrogens with one attached hydrogen (secondary N) is 2. The quantitative estimate of drug-likeness (QED) is 0.734. The molecule has 0 unspecified atom stereocenters. The number of rotatable bonds is 5. The first-order chi connectivity index (χ1) is 11.9. The largest absolute Gasteiger partial charge is 0.320 e. The summed E-state index contributed by atoms with van der Waals surface area (Å²) in [5.41, 5.74) is 1.86. The molecule has 2 N–H and O–H groups in total. The maximum Gasteiger partial charge on any atom is 0.258 e. The van der Waals surface area contributed by atoms with Crippen molar-refractivity contribution in [3.05, 3.63) is 72.6 Å². The van der Waals surface area contributed by atoms with Crippen molar-refractivity contribution in [2.75, 3.05) is 16.3 Å². The summed E-state index contributed by atoms with van der Waals surface area (Å²) in [6, 6.07) is 16.0. The molecule has 1 aromatic heterocycles. The topological polar surface area (TPSA) is 93.1 Å². The molecule has 0 aliphatic carbocycles. The molecule has 0 spiro atoms. The fraction of sp³-hybridized carbons (Fsp3) is 0.0588. The average Bonchev–Trinajstić information content (AvgIpc) is 3.06. The number of hydrogen-bond acceptors (Lipinski definition) is 4. The lowest BCUT2D eigenvalue weighted by Gasteiger charge is -2.11. The third-order valence-electron chi connectivity index (χ3n) is 3.34. The van der Waals surface area contributed by atoms with Gasteiger partial charge in [0.05, 0.1) is 35.1 Å². The fourth-order valence-corrected chi connectivity index (χ4v) is 2.81. The number of sulfonamides is 1. The summed E-state index contributed by atoms with van der Waals surface area (Å²) in [5, 5.41) is 6.87. The van der Waals surface area contributed by atoms with Gasteiger partial charge in [0.15, 0.2) is 0 Å². The number of nitrogens with zero attached hydrogens (tertiary/aromatic N) is 2. The average molecular weight is 356 g/mol. The van der Waals surface area contributed by atoms with Gasteiger partial charge in [0, 0.05) is 6.20 Å². The van der Waals surface area contributed by atoms with E-state index < -0.39 is 10.0 Å². The van der Waals surface area contributed by atoms with Crippen LogP contribution < -0.4 is 10.0 Å². The number of benzene rings is 2. The van der Waals surface area contributed by atoms with Crippen LogP contribution in [0.1, 0.15) is 10.4 Å². The van der Waals surface area contributed by atoms with Crippen LogP contribution in [-0.4, -0.2) is 30.4 Å². The summed E-state index contributed by atoms with van der Waals surface area (Å²) in [7, 11) is -3.45. The molecular weight excluding hydrogens is 340 g/mol. The third-order valence-corrected chi connectivity index (χ3v) is 3.93. The first-order valence-corrected chi connectivity index (χ1v) is 9.30. The molecule has 0 saturated heterocycles. The van der Waals surface area contributed by atoms with E-state index in [1.807, 2.05) is 30.3 Å². The second-order valence-electron chi connectivity index (χ2n) is 5.38. The zero-order chi connectivity index (χ0) is 17.9. The smallest absolute Gasteiger partial charge is 0.258 e. The number of carbonyl (C=O) groups excluding carboxylic acids is 1. The van der Waals surface area contributed by atoms with Gasteiger partial charge >= 0.3 is 0 Å². The van der Waals surface area contributed by atoms with Crippen molar-refractivity contribution in [2.45, 2.75) is 0 Å². The highest BCUT2D eigenvalue weighted by molar-refractivity contribution is 7.92. The van der Waals surface area contributed by atoms with Gasteiger partial charge < -0.3 is 5.32 Å². The Kier molecular flexibility index (Phi) is 4.53. The van der Waals surface area contributed by atoms with E-state index in [2.05, 4.69) is 15.1 Å². The molecule has 1 heterocycles. The van der Waals surface area contributed by atoms with E-state index in [9.17, 15) is 13.2 Å². The van der Waals surface area contributed by atoms with E-state index >= 15 is 0 Å². The minimum absolute atomic E-state index is 0.300. The molecule has 0 aliphatic heterocycles. The van der Waals surface area contributed by atoms with Gasteiger partial charge in [-0.25, -0.2) is 13.1 Å². The number of anilines is 2. The molecule has 0 bridgehead atoms. The summed E-state index contributed by atoms with van der Waals surface area (Å²) in [4.78, 5) is 12.4. The van der Waals surface area contributed by atoms with E-state index in [4.69, 9.17) is 0 Å². The Morgan fingerprint density at radius 1 is 1.00 bits per heavy atom. The van der Waals surface area contributed by atoms with Crippen molar-refractivity contribution in [3.63, 3.8) is 0 Å². The van der Waals surface area contributed by atoms with Gasteiger partial charge in [-0.15, -0.1) is 0 Å². The summed E-state index contributed by atoms with van der Waals surface area (Å²) in [5.74, 6) is -0.384. The molecule has 3 aromatic rings. The van der Waals surface area contributed by atoms with Crippen LogP contribution in [0.5, 0.6) is 0 Å². The maximum absolute atomic E-state index is 12.4. The first-order valence-electron chi connectivity index (χ1n) is 7.41. The van der Waals surface area contributed by atoms with Crippen LogP contribution in [0.3, 0.4) is 0 Å². The van der Waals surface area contributed by atoms with Crippen molar-refractivity contribution in [3.8, 4) is 5.69 Å². The highest BCUT2D eigenvalue weighted by Crippen LogP contribution is 2.22. The summed E-state index contributed by atoms with van der Waals surface area (Å²) in [6.45, 7) is 0. The van der Waals surface area contributed by atoms with Crippen molar-refractivity contribution < 1.29 is 13.2 Å². The molecule has 0 fully saturated rings. The SMILES string of the molecule is CS(=O)(=O)Nc1ccccc1NC(=O)c1cnn(-c2ccccc2)c1. The van der Waals surface area contributed by atoms with Gasteiger partial charge in [-0.1, -0.05) is 30.3 Å². The number of amides is 1. The molecule has 0 radical (unpaired) electrons. The lowest BCUT2D eigenvalue weighted by atomic mass is 10.2. The summed E-state index contributed by atoms with van der Waals surface area (Å²) < 4.78 is 26.8. The molecule has 7 nitrogen and oxygen atoms in total. The highest BCUT2D eigenvalue weighted by Gasteiger charge is 2.13. The van der Waals surface area contributed by atoms with Crippen LogP contribution in [0.15, 0.2) is 67.0 Å². The second kappa shape index (κ2) is 6.78. The molecule has 25 heavy (non-hydrogen) atoms. The van der Waals surface area contributed by atoms with Crippen LogP contribution >= 0.6 is 0 Å². The lowest BCUT2D eigenvalue weighted by molar-refractivity contribution is 0.102. The van der Waals surface area contributed by atoms with Crippen molar-refractivity contribution in [2.24, 2.45) is 0 Å². The summed E-state index contributed by atoms with van der Waals surface area (Å²) >= 11 is 0. The number of hydrogen-bond donors (Lipinski definition) is 2. The van der Waals surface area contributed by atoms with Crippen LogP contribution in [0.25, 0.3) is 5.69 Å². The molecule has 0 atom stereocenters. The van der Waals surface area contributed by atoms with E-state index in [1.165, 1.54) is 6.20 Å². The molecule has 1 amide bonds. The number of carbonyl (C=O) groups is 1. The predicted molar refractivity (Wildman–Crippen MR) is 96.4 cm³/mol. The van der Waals surface area contributed by atoms with Crippen LogP contribution in [0.4, 0.5) is 11.4 Å². The molecular formula is C17H16N4O3S. The van der Waals surface area contributed by atoms with E-state index in [1.54, 1.807) is 35.1 Å². The van der Waals surface area contributed by atoms with Gasteiger partial charge in [0.1, 0.15) is 0 Å². The van der Waals surface area contributed by atoms with Gasteiger partial charge in [-0.05, 0) is 24.3 Å². The monoisotopic (exact) mass is 356 g/mol. The van der Waals surface area contributed by atoms with E-state index in [0.717, 1.165) is 11.9 Å². The number of aromatic nitrogens is 2. The van der Waals surface area contributed by atoms with E-state index in [-0.39, 0.29) is 5.91 Å². The second-order valence-corrected chi connectivity index (χ2v) is 7.13. The van der Waals surface area contributed by atoms with Crippen LogP contribution in [-0.2, 0) is 10.0 Å². The molecule has 3 rings (SSSR count). The van der Waals surface area contributed by atoms with E-state index in [0.29, 0.717) is 16.9 Å². The normalized spacial score (nSPS) is 11.1.